The molecule has 0 amide bonds. The normalized spacial score (nSPS) is 14.7. The van der Waals surface area contributed by atoms with Crippen LogP contribution in [0.2, 0.25) is 0 Å². The van der Waals surface area contributed by atoms with Gasteiger partial charge in [-0.05, 0) is 17.7 Å². The Labute approximate surface area is 111 Å². The Morgan fingerprint density at radius 2 is 2.00 bits per heavy atom. The number of halogens is 3. The number of benzene rings is 1. The van der Waals surface area contributed by atoms with E-state index in [4.69, 9.17) is 0 Å². The van der Waals surface area contributed by atoms with E-state index < -0.39 is 12.0 Å². The highest BCUT2D eigenvalue weighted by Crippen LogP contribution is 2.31. The lowest BCUT2D eigenvalue weighted by Crippen LogP contribution is -2.38. The smallest absolute Gasteiger partial charge is 0.272 e. The molecule has 1 atom stereocenters. The van der Waals surface area contributed by atoms with Crippen molar-refractivity contribution in [3.05, 3.63) is 53.0 Å². The van der Waals surface area contributed by atoms with Gasteiger partial charge in [0.15, 0.2) is 5.60 Å². The maximum absolute atomic E-state index is 13.2. The van der Waals surface area contributed by atoms with Gasteiger partial charge in [0.2, 0.25) is 0 Å². The zero-order valence-corrected chi connectivity index (χ0v) is 10.9. The van der Waals surface area contributed by atoms with E-state index in [0.717, 1.165) is 4.47 Å². The molecule has 0 aliphatic heterocycles. The number of rotatable bonds is 4. The van der Waals surface area contributed by atoms with Crippen molar-refractivity contribution in [1.29, 1.82) is 0 Å². The largest absolute Gasteiger partial charge is 0.377 e. The van der Waals surface area contributed by atoms with Crippen LogP contribution in [0.3, 0.4) is 0 Å². The number of alkyl halides is 2. The summed E-state index contributed by atoms with van der Waals surface area (Å²) in [7, 11) is 0. The average molecular weight is 317 g/mol. The van der Waals surface area contributed by atoms with Crippen LogP contribution in [0, 0.1) is 0 Å². The second-order valence-corrected chi connectivity index (χ2v) is 4.88. The van der Waals surface area contributed by atoms with Gasteiger partial charge >= 0.3 is 0 Å². The molecule has 0 aliphatic rings. The fourth-order valence-corrected chi connectivity index (χ4v) is 1.95. The Bertz CT molecular complexity index is 501. The summed E-state index contributed by atoms with van der Waals surface area (Å²) in [6.45, 7) is -0.244. The molecule has 1 heterocycles. The first-order valence-electron chi connectivity index (χ1n) is 5.24. The minimum Gasteiger partial charge on any atom is -0.377 e. The second kappa shape index (κ2) is 5.16. The van der Waals surface area contributed by atoms with E-state index in [-0.39, 0.29) is 12.1 Å². The molecular weight excluding hydrogens is 306 g/mol. The summed E-state index contributed by atoms with van der Waals surface area (Å²) in [6, 6.07) is 6.20. The van der Waals surface area contributed by atoms with E-state index in [1.54, 1.807) is 12.1 Å². The van der Waals surface area contributed by atoms with Crippen molar-refractivity contribution < 1.29 is 13.9 Å². The lowest BCUT2D eigenvalue weighted by atomic mass is 9.94. The van der Waals surface area contributed by atoms with Crippen molar-refractivity contribution in [1.82, 2.24) is 9.55 Å². The molecule has 18 heavy (non-hydrogen) atoms. The molecule has 0 spiro atoms. The third-order valence-corrected chi connectivity index (χ3v) is 3.22. The molecular formula is C12H11BrF2N2O. The molecule has 2 aromatic rings. The Kier molecular flexibility index (Phi) is 3.77. The summed E-state index contributed by atoms with van der Waals surface area (Å²) in [5, 5.41) is 10.2. The van der Waals surface area contributed by atoms with Gasteiger partial charge < -0.3 is 9.67 Å². The Balaban J connectivity index is 2.34. The molecule has 0 fully saturated rings. The first-order chi connectivity index (χ1) is 8.52. The van der Waals surface area contributed by atoms with Crippen molar-refractivity contribution in [2.75, 3.05) is 0 Å². The molecule has 3 nitrogen and oxygen atoms in total. The minimum atomic E-state index is -2.89. The summed E-state index contributed by atoms with van der Waals surface area (Å²) in [4.78, 5) is 3.77. The Morgan fingerprint density at radius 3 is 2.50 bits per heavy atom. The van der Waals surface area contributed by atoms with Gasteiger partial charge in [-0.2, -0.15) is 0 Å². The zero-order chi connectivity index (χ0) is 13.2. The second-order valence-electron chi connectivity index (χ2n) is 3.97. The van der Waals surface area contributed by atoms with Crippen LogP contribution < -0.4 is 0 Å². The minimum absolute atomic E-state index is 0.175. The summed E-state index contributed by atoms with van der Waals surface area (Å²) in [6.07, 6.45) is 1.52. The third kappa shape index (κ3) is 2.59. The fourth-order valence-electron chi connectivity index (χ4n) is 1.68. The topological polar surface area (TPSA) is 38.0 Å². The Morgan fingerprint density at radius 1 is 1.33 bits per heavy atom. The molecule has 2 rings (SSSR count). The van der Waals surface area contributed by atoms with Crippen molar-refractivity contribution in [3.63, 3.8) is 0 Å². The molecule has 0 saturated carbocycles. The molecule has 0 bridgehead atoms. The highest BCUT2D eigenvalue weighted by atomic mass is 79.9. The van der Waals surface area contributed by atoms with E-state index in [9.17, 15) is 13.9 Å². The van der Waals surface area contributed by atoms with Crippen molar-refractivity contribution >= 4 is 15.9 Å². The van der Waals surface area contributed by atoms with Gasteiger partial charge in [-0.1, -0.05) is 28.1 Å². The highest BCUT2D eigenvalue weighted by Gasteiger charge is 2.40. The standard InChI is InChI=1S/C12H11BrF2N2O/c13-10-3-1-9(2-4-10)12(18,11(14)15)7-17-6-5-16-8-17/h1-6,8,11,18H,7H2. The summed E-state index contributed by atoms with van der Waals surface area (Å²) >= 11 is 3.23. The van der Waals surface area contributed by atoms with Gasteiger partial charge in [0, 0.05) is 16.9 Å². The first kappa shape index (κ1) is 13.2. The molecule has 0 aliphatic carbocycles. The van der Waals surface area contributed by atoms with Crippen LogP contribution in [0.5, 0.6) is 0 Å². The molecule has 0 radical (unpaired) electrons. The van der Waals surface area contributed by atoms with Gasteiger partial charge in [-0.15, -0.1) is 0 Å². The van der Waals surface area contributed by atoms with Crippen molar-refractivity contribution in [2.45, 2.75) is 18.6 Å². The van der Waals surface area contributed by atoms with Gasteiger partial charge in [0.1, 0.15) is 0 Å². The quantitative estimate of drug-likeness (QED) is 0.942. The molecule has 1 unspecified atom stereocenters. The zero-order valence-electron chi connectivity index (χ0n) is 9.30. The predicted molar refractivity (Wildman–Crippen MR) is 66.3 cm³/mol. The SMILES string of the molecule is OC(Cn1ccnc1)(c1ccc(Br)cc1)C(F)F. The summed E-state index contributed by atoms with van der Waals surface area (Å²) in [5.41, 5.74) is -2.05. The molecule has 1 N–H and O–H groups in total. The predicted octanol–water partition coefficient (Wildman–Crippen LogP) is 2.80. The molecule has 1 aromatic heterocycles. The van der Waals surface area contributed by atoms with Gasteiger partial charge in [0.25, 0.3) is 6.43 Å². The maximum atomic E-state index is 13.2. The van der Waals surface area contributed by atoms with E-state index in [1.807, 2.05) is 0 Å². The van der Waals surface area contributed by atoms with Crippen LogP contribution in [0.15, 0.2) is 47.5 Å². The Hall–Kier alpha value is -1.27. The lowest BCUT2D eigenvalue weighted by Gasteiger charge is -2.28. The van der Waals surface area contributed by atoms with Crippen LogP contribution in [0.25, 0.3) is 0 Å². The van der Waals surface area contributed by atoms with Crippen molar-refractivity contribution in [3.8, 4) is 0 Å². The van der Waals surface area contributed by atoms with Crippen LogP contribution in [-0.4, -0.2) is 21.1 Å². The maximum Gasteiger partial charge on any atom is 0.272 e. The van der Waals surface area contributed by atoms with E-state index >= 15 is 0 Å². The number of imidazole rings is 1. The summed E-state index contributed by atoms with van der Waals surface area (Å²) < 4.78 is 28.5. The van der Waals surface area contributed by atoms with E-state index in [2.05, 4.69) is 20.9 Å². The number of aliphatic hydroxyl groups is 1. The molecule has 96 valence electrons. The number of hydrogen-bond donors (Lipinski definition) is 1. The van der Waals surface area contributed by atoms with E-state index in [0.29, 0.717) is 0 Å². The van der Waals surface area contributed by atoms with Gasteiger partial charge in [-0.25, -0.2) is 13.8 Å². The average Bonchev–Trinajstić information content (AvgIpc) is 2.82. The highest BCUT2D eigenvalue weighted by molar-refractivity contribution is 9.10. The number of nitrogens with zero attached hydrogens (tertiary/aromatic N) is 2. The van der Waals surface area contributed by atoms with Gasteiger partial charge in [-0.3, -0.25) is 0 Å². The number of hydrogen-bond acceptors (Lipinski definition) is 2. The van der Waals surface area contributed by atoms with Gasteiger partial charge in [0.05, 0.1) is 12.9 Å². The lowest BCUT2D eigenvalue weighted by molar-refractivity contribution is -0.112. The van der Waals surface area contributed by atoms with Crippen LogP contribution in [0.4, 0.5) is 8.78 Å². The molecule has 0 saturated heterocycles. The summed E-state index contributed by atoms with van der Waals surface area (Å²) in [5.74, 6) is 0. The third-order valence-electron chi connectivity index (χ3n) is 2.69. The first-order valence-corrected chi connectivity index (χ1v) is 6.04. The van der Waals surface area contributed by atoms with Crippen molar-refractivity contribution in [2.24, 2.45) is 0 Å². The molecule has 6 heteroatoms. The van der Waals surface area contributed by atoms with E-state index in [1.165, 1.54) is 35.4 Å². The molecule has 1 aromatic carbocycles. The van der Waals surface area contributed by atoms with Crippen LogP contribution in [-0.2, 0) is 12.1 Å². The number of aromatic nitrogens is 2. The van der Waals surface area contributed by atoms with Crippen LogP contribution >= 0.6 is 15.9 Å². The van der Waals surface area contributed by atoms with Crippen LogP contribution in [0.1, 0.15) is 5.56 Å². The fraction of sp³-hybridized carbons (Fsp3) is 0.250. The monoisotopic (exact) mass is 316 g/mol.